The van der Waals surface area contributed by atoms with Crippen molar-refractivity contribution >= 4 is 6.16 Å². The molecule has 1 aromatic heterocycles. The Kier molecular flexibility index (Phi) is 6.39. The average Bonchev–Trinajstić information content (AvgIpc) is 3.39. The van der Waals surface area contributed by atoms with Crippen LogP contribution in [0.4, 0.5) is 4.79 Å². The second-order valence-electron chi connectivity index (χ2n) is 7.98. The highest BCUT2D eigenvalue weighted by molar-refractivity contribution is 5.63. The van der Waals surface area contributed by atoms with Gasteiger partial charge in [0, 0.05) is 12.4 Å². The number of carbonyl (C=O) groups excluding carboxylic acids is 1. The molecule has 5 heteroatoms. The van der Waals surface area contributed by atoms with Crippen LogP contribution in [0, 0.1) is 0 Å². The SMILES string of the molecule is O=C(OCc1nccn1C(c1ccccc1)(c1ccccc1)c1ccccc1)Oc1ccccc1. The van der Waals surface area contributed by atoms with Gasteiger partial charge in [-0.2, -0.15) is 0 Å². The van der Waals surface area contributed by atoms with Gasteiger partial charge < -0.3 is 14.0 Å². The maximum absolute atomic E-state index is 12.4. The van der Waals surface area contributed by atoms with Crippen molar-refractivity contribution in [1.82, 2.24) is 9.55 Å². The summed E-state index contributed by atoms with van der Waals surface area (Å²) in [5.41, 5.74) is 2.44. The molecule has 0 spiro atoms. The van der Waals surface area contributed by atoms with E-state index in [4.69, 9.17) is 9.47 Å². The molecule has 5 nitrogen and oxygen atoms in total. The number of hydrogen-bond acceptors (Lipinski definition) is 4. The van der Waals surface area contributed by atoms with Crippen molar-refractivity contribution < 1.29 is 14.3 Å². The summed E-state index contributed by atoms with van der Waals surface area (Å²) in [4.78, 5) is 17.0. The number of nitrogens with zero attached hydrogens (tertiary/aromatic N) is 2. The predicted molar refractivity (Wildman–Crippen MR) is 134 cm³/mol. The molecule has 4 aromatic carbocycles. The summed E-state index contributed by atoms with van der Waals surface area (Å²) in [7, 11) is 0. The number of ether oxygens (including phenoxy) is 2. The van der Waals surface area contributed by atoms with Crippen LogP contribution in [0.25, 0.3) is 0 Å². The van der Waals surface area contributed by atoms with Gasteiger partial charge in [-0.25, -0.2) is 9.78 Å². The molecule has 172 valence electrons. The summed E-state index contributed by atoms with van der Waals surface area (Å²) in [6, 6.07) is 39.7. The van der Waals surface area contributed by atoms with E-state index in [1.807, 2.05) is 66.9 Å². The number of aromatic nitrogens is 2. The fourth-order valence-electron chi connectivity index (χ4n) is 4.44. The number of imidazole rings is 1. The van der Waals surface area contributed by atoms with Gasteiger partial charge in [0.25, 0.3) is 0 Å². The van der Waals surface area contributed by atoms with E-state index in [9.17, 15) is 4.79 Å². The van der Waals surface area contributed by atoms with Gasteiger partial charge in [0.15, 0.2) is 6.61 Å². The number of carbonyl (C=O) groups is 1. The van der Waals surface area contributed by atoms with Gasteiger partial charge in [-0.1, -0.05) is 109 Å². The van der Waals surface area contributed by atoms with Gasteiger partial charge >= 0.3 is 6.16 Å². The van der Waals surface area contributed by atoms with Crippen LogP contribution in [0.15, 0.2) is 134 Å². The number of benzene rings is 4. The third-order valence-electron chi connectivity index (χ3n) is 5.92. The van der Waals surface area contributed by atoms with Crippen molar-refractivity contribution in [2.45, 2.75) is 12.1 Å². The van der Waals surface area contributed by atoms with Crippen molar-refractivity contribution in [3.8, 4) is 5.75 Å². The predicted octanol–water partition coefficient (Wildman–Crippen LogP) is 6.44. The van der Waals surface area contributed by atoms with E-state index >= 15 is 0 Å². The van der Waals surface area contributed by atoms with Crippen LogP contribution in [-0.4, -0.2) is 15.7 Å². The Bertz CT molecular complexity index is 1270. The minimum Gasteiger partial charge on any atom is -0.426 e. The van der Waals surface area contributed by atoms with Crippen LogP contribution < -0.4 is 4.74 Å². The van der Waals surface area contributed by atoms with E-state index in [1.165, 1.54) is 0 Å². The summed E-state index contributed by atoms with van der Waals surface area (Å²) >= 11 is 0. The van der Waals surface area contributed by atoms with E-state index in [1.54, 1.807) is 30.5 Å². The lowest BCUT2D eigenvalue weighted by Crippen LogP contribution is -2.38. The zero-order valence-electron chi connectivity index (χ0n) is 19.0. The topological polar surface area (TPSA) is 53.3 Å². The van der Waals surface area contributed by atoms with Crippen LogP contribution >= 0.6 is 0 Å². The normalized spacial score (nSPS) is 11.1. The van der Waals surface area contributed by atoms with E-state index in [2.05, 4.69) is 45.9 Å². The molecule has 0 saturated heterocycles. The average molecular weight is 461 g/mol. The Morgan fingerprint density at radius 1 is 0.686 bits per heavy atom. The van der Waals surface area contributed by atoms with E-state index < -0.39 is 11.7 Å². The fraction of sp³-hybridized carbons (Fsp3) is 0.0667. The van der Waals surface area contributed by atoms with Crippen molar-refractivity contribution in [3.05, 3.63) is 156 Å². The van der Waals surface area contributed by atoms with Gasteiger partial charge in [-0.3, -0.25) is 0 Å². The zero-order valence-corrected chi connectivity index (χ0v) is 19.0. The Morgan fingerprint density at radius 2 is 1.14 bits per heavy atom. The van der Waals surface area contributed by atoms with Crippen LogP contribution in [0.3, 0.4) is 0 Å². The Labute approximate surface area is 204 Å². The molecule has 0 aliphatic heterocycles. The number of rotatable bonds is 7. The van der Waals surface area contributed by atoms with Crippen LogP contribution in [0.5, 0.6) is 5.75 Å². The van der Waals surface area contributed by atoms with Crippen LogP contribution in [0.2, 0.25) is 0 Å². The van der Waals surface area contributed by atoms with Crippen molar-refractivity contribution in [2.75, 3.05) is 0 Å². The molecule has 35 heavy (non-hydrogen) atoms. The van der Waals surface area contributed by atoms with Gasteiger partial charge in [0.1, 0.15) is 17.1 Å². The number of para-hydroxylation sites is 1. The minimum atomic E-state index is -0.782. The lowest BCUT2D eigenvalue weighted by Gasteiger charge is -2.38. The minimum absolute atomic E-state index is 0.0487. The number of hydrogen-bond donors (Lipinski definition) is 0. The zero-order chi connectivity index (χ0) is 23.9. The molecule has 5 rings (SSSR count). The Balaban J connectivity index is 1.59. The second kappa shape index (κ2) is 10.1. The Hall–Kier alpha value is -4.64. The van der Waals surface area contributed by atoms with Crippen molar-refractivity contribution in [2.24, 2.45) is 0 Å². The molecule has 0 radical (unpaired) electrons. The third kappa shape index (κ3) is 4.44. The third-order valence-corrected chi connectivity index (χ3v) is 5.92. The summed E-state index contributed by atoms with van der Waals surface area (Å²) in [5.74, 6) is 1.01. The first-order valence-electron chi connectivity index (χ1n) is 11.4. The first kappa shape index (κ1) is 22.2. The summed E-state index contributed by atoms with van der Waals surface area (Å²) < 4.78 is 12.9. The molecule has 0 bridgehead atoms. The molecule has 5 aromatic rings. The molecule has 0 N–H and O–H groups in total. The van der Waals surface area contributed by atoms with E-state index in [-0.39, 0.29) is 6.61 Å². The van der Waals surface area contributed by atoms with E-state index in [0.717, 1.165) is 16.7 Å². The largest absolute Gasteiger partial charge is 0.514 e. The highest BCUT2D eigenvalue weighted by Crippen LogP contribution is 2.41. The summed E-state index contributed by atoms with van der Waals surface area (Å²) in [5, 5.41) is 0. The maximum Gasteiger partial charge on any atom is 0.514 e. The Morgan fingerprint density at radius 3 is 1.63 bits per heavy atom. The van der Waals surface area contributed by atoms with Crippen LogP contribution in [0.1, 0.15) is 22.5 Å². The highest BCUT2D eigenvalue weighted by atomic mass is 16.7. The van der Waals surface area contributed by atoms with Gasteiger partial charge in [0.05, 0.1) is 0 Å². The second-order valence-corrected chi connectivity index (χ2v) is 7.98. The van der Waals surface area contributed by atoms with Crippen LogP contribution in [-0.2, 0) is 16.9 Å². The van der Waals surface area contributed by atoms with Crippen molar-refractivity contribution in [1.29, 1.82) is 0 Å². The molecule has 0 saturated carbocycles. The molecular weight excluding hydrogens is 436 g/mol. The van der Waals surface area contributed by atoms with Gasteiger partial charge in [0.2, 0.25) is 0 Å². The monoisotopic (exact) mass is 460 g/mol. The molecule has 0 unspecified atom stereocenters. The maximum atomic E-state index is 12.4. The molecule has 1 heterocycles. The summed E-state index contributed by atoms with van der Waals surface area (Å²) in [6.07, 6.45) is 2.87. The first-order valence-corrected chi connectivity index (χ1v) is 11.4. The van der Waals surface area contributed by atoms with Gasteiger partial charge in [-0.15, -0.1) is 0 Å². The lowest BCUT2D eigenvalue weighted by atomic mass is 9.76. The first-order chi connectivity index (χ1) is 17.3. The summed E-state index contributed by atoms with van der Waals surface area (Å²) in [6.45, 7) is -0.0487. The molecule has 0 fully saturated rings. The molecule has 0 aliphatic rings. The smallest absolute Gasteiger partial charge is 0.426 e. The molecule has 0 aliphatic carbocycles. The fourth-order valence-corrected chi connectivity index (χ4v) is 4.44. The lowest BCUT2D eigenvalue weighted by molar-refractivity contribution is 0.0887. The standard InChI is InChI=1S/C30H24N2O3/c33-29(35-27-19-11-4-12-20-27)34-23-28-31-21-22-32(28)30(24-13-5-1-6-14-24,25-15-7-2-8-16-25)26-17-9-3-10-18-26/h1-22H,23H2. The molecule has 0 atom stereocenters. The molecule has 0 amide bonds. The molecular formula is C30H24N2O3. The quantitative estimate of drug-likeness (QED) is 0.159. The van der Waals surface area contributed by atoms with Crippen molar-refractivity contribution in [3.63, 3.8) is 0 Å². The van der Waals surface area contributed by atoms with Gasteiger partial charge in [-0.05, 0) is 28.8 Å². The highest BCUT2D eigenvalue weighted by Gasteiger charge is 2.39. The van der Waals surface area contributed by atoms with E-state index in [0.29, 0.717) is 11.6 Å².